The molecule has 5 nitrogen and oxygen atoms in total. The van der Waals surface area contributed by atoms with Crippen LogP contribution in [0.25, 0.3) is 0 Å². The number of aromatic nitrogens is 1. The summed E-state index contributed by atoms with van der Waals surface area (Å²) in [5.41, 5.74) is 0.401. The summed E-state index contributed by atoms with van der Waals surface area (Å²) in [6.45, 7) is 4.99. The Morgan fingerprint density at radius 1 is 1.55 bits per heavy atom. The predicted octanol–water partition coefficient (Wildman–Crippen LogP) is 2.22. The van der Waals surface area contributed by atoms with Crippen molar-refractivity contribution in [2.75, 3.05) is 0 Å². The minimum Gasteiger partial charge on any atom is -0.469 e. The fourth-order valence-electron chi connectivity index (χ4n) is 3.37. The quantitative estimate of drug-likeness (QED) is 0.909. The third-order valence-corrected chi connectivity index (χ3v) is 4.11. The second kappa shape index (κ2) is 4.31. The van der Waals surface area contributed by atoms with Crippen molar-refractivity contribution >= 4 is 5.78 Å². The monoisotopic (exact) mass is 275 g/mol. The van der Waals surface area contributed by atoms with Gasteiger partial charge in [0.15, 0.2) is 0 Å². The smallest absolute Gasteiger partial charge is 0.137 e. The standard InChI is InChI=1S/C15H17NO4/c1-8(17)14-13(11-5-4-6-19-11)12-9(2)20-16-10(12)7-15(14,3)18/h4-6,13-14,18H,7H2,1-3H3/t13-,14+,15+/m0/s1. The van der Waals surface area contributed by atoms with Crippen molar-refractivity contribution in [2.24, 2.45) is 5.92 Å². The van der Waals surface area contributed by atoms with Crippen LogP contribution in [0.4, 0.5) is 0 Å². The summed E-state index contributed by atoms with van der Waals surface area (Å²) in [5.74, 6) is 0.329. The molecule has 3 rings (SSSR count). The van der Waals surface area contributed by atoms with Crippen molar-refractivity contribution in [3.63, 3.8) is 0 Å². The number of carbonyl (C=O) groups excluding carboxylic acids is 1. The largest absolute Gasteiger partial charge is 0.469 e. The third kappa shape index (κ3) is 1.81. The molecule has 2 heterocycles. The normalized spacial score (nSPS) is 29.2. The van der Waals surface area contributed by atoms with E-state index in [1.807, 2.05) is 13.0 Å². The molecule has 0 spiro atoms. The molecule has 0 aromatic carbocycles. The number of fused-ring (bicyclic) bond motifs is 1. The zero-order valence-corrected chi connectivity index (χ0v) is 11.7. The first-order valence-corrected chi connectivity index (χ1v) is 6.63. The highest BCUT2D eigenvalue weighted by atomic mass is 16.5. The van der Waals surface area contributed by atoms with Crippen LogP contribution in [-0.4, -0.2) is 21.6 Å². The van der Waals surface area contributed by atoms with Gasteiger partial charge in [-0.1, -0.05) is 5.16 Å². The van der Waals surface area contributed by atoms with Crippen molar-refractivity contribution in [1.29, 1.82) is 0 Å². The second-order valence-corrected chi connectivity index (χ2v) is 5.71. The van der Waals surface area contributed by atoms with E-state index in [4.69, 9.17) is 8.94 Å². The van der Waals surface area contributed by atoms with Crippen molar-refractivity contribution in [1.82, 2.24) is 5.16 Å². The molecular weight excluding hydrogens is 258 g/mol. The fraction of sp³-hybridized carbons (Fsp3) is 0.467. The number of aliphatic hydroxyl groups is 1. The van der Waals surface area contributed by atoms with Gasteiger partial charge in [-0.15, -0.1) is 0 Å². The Hall–Kier alpha value is -1.88. The van der Waals surface area contributed by atoms with Crippen molar-refractivity contribution in [3.05, 3.63) is 41.2 Å². The van der Waals surface area contributed by atoms with Crippen molar-refractivity contribution in [3.8, 4) is 0 Å². The lowest BCUT2D eigenvalue weighted by Crippen LogP contribution is -2.48. The minimum absolute atomic E-state index is 0.0670. The van der Waals surface area contributed by atoms with Gasteiger partial charge in [0.1, 0.15) is 17.3 Å². The number of rotatable bonds is 2. The molecule has 1 aliphatic rings. The van der Waals surface area contributed by atoms with Gasteiger partial charge in [0.25, 0.3) is 0 Å². The Labute approximate surface area is 116 Å². The average molecular weight is 275 g/mol. The molecule has 1 N–H and O–H groups in total. The zero-order chi connectivity index (χ0) is 14.5. The number of aryl methyl sites for hydroxylation is 1. The summed E-state index contributed by atoms with van der Waals surface area (Å²) >= 11 is 0. The van der Waals surface area contributed by atoms with E-state index in [0.29, 0.717) is 23.6 Å². The Morgan fingerprint density at radius 3 is 2.90 bits per heavy atom. The average Bonchev–Trinajstić information content (AvgIpc) is 2.96. The zero-order valence-electron chi connectivity index (χ0n) is 11.7. The van der Waals surface area contributed by atoms with Crippen LogP contribution in [0.1, 0.15) is 42.5 Å². The van der Waals surface area contributed by atoms with Gasteiger partial charge in [0.2, 0.25) is 0 Å². The summed E-state index contributed by atoms with van der Waals surface area (Å²) in [6, 6.07) is 3.59. The van der Waals surface area contributed by atoms with Crippen LogP contribution in [0.5, 0.6) is 0 Å². The van der Waals surface area contributed by atoms with Crippen LogP contribution in [0.3, 0.4) is 0 Å². The topological polar surface area (TPSA) is 76.5 Å². The highest BCUT2D eigenvalue weighted by Gasteiger charge is 2.50. The number of hydrogen-bond acceptors (Lipinski definition) is 5. The highest BCUT2D eigenvalue weighted by molar-refractivity contribution is 5.82. The number of carbonyl (C=O) groups is 1. The Bertz CT molecular complexity index is 639. The molecule has 0 aliphatic heterocycles. The van der Waals surface area contributed by atoms with Crippen molar-refractivity contribution in [2.45, 2.75) is 38.7 Å². The summed E-state index contributed by atoms with van der Waals surface area (Å²) < 4.78 is 10.7. The first-order chi connectivity index (χ1) is 9.42. The van der Waals surface area contributed by atoms with Gasteiger partial charge in [0.05, 0.1) is 29.4 Å². The number of hydrogen-bond donors (Lipinski definition) is 1. The molecule has 0 radical (unpaired) electrons. The molecule has 106 valence electrons. The molecule has 5 heteroatoms. The number of nitrogens with zero attached hydrogens (tertiary/aromatic N) is 1. The van der Waals surface area contributed by atoms with E-state index in [0.717, 1.165) is 5.56 Å². The Balaban J connectivity index is 2.23. The molecule has 0 fully saturated rings. The summed E-state index contributed by atoms with van der Waals surface area (Å²) in [5, 5.41) is 14.7. The van der Waals surface area contributed by atoms with E-state index in [9.17, 15) is 9.90 Å². The highest BCUT2D eigenvalue weighted by Crippen LogP contribution is 2.47. The predicted molar refractivity (Wildman–Crippen MR) is 70.3 cm³/mol. The third-order valence-electron chi connectivity index (χ3n) is 4.11. The van der Waals surface area contributed by atoms with Gasteiger partial charge >= 0.3 is 0 Å². The second-order valence-electron chi connectivity index (χ2n) is 5.71. The molecule has 0 saturated carbocycles. The van der Waals surface area contributed by atoms with Gasteiger partial charge in [-0.3, -0.25) is 4.79 Å². The molecule has 0 saturated heterocycles. The molecule has 3 atom stereocenters. The molecular formula is C15H17NO4. The van der Waals surface area contributed by atoms with Gasteiger partial charge in [0, 0.05) is 12.0 Å². The Kier molecular flexibility index (Phi) is 2.83. The van der Waals surface area contributed by atoms with E-state index >= 15 is 0 Å². The lowest BCUT2D eigenvalue weighted by Gasteiger charge is -2.39. The maximum Gasteiger partial charge on any atom is 0.137 e. The molecule has 20 heavy (non-hydrogen) atoms. The first kappa shape index (κ1) is 13.1. The minimum atomic E-state index is -1.17. The summed E-state index contributed by atoms with van der Waals surface area (Å²) in [7, 11) is 0. The molecule has 0 bridgehead atoms. The summed E-state index contributed by atoms with van der Waals surface area (Å²) in [4.78, 5) is 12.1. The van der Waals surface area contributed by atoms with Crippen LogP contribution in [0.2, 0.25) is 0 Å². The maximum absolute atomic E-state index is 12.1. The van der Waals surface area contributed by atoms with Crippen LogP contribution in [0, 0.1) is 12.8 Å². The van der Waals surface area contributed by atoms with Gasteiger partial charge in [-0.25, -0.2) is 0 Å². The van der Waals surface area contributed by atoms with Gasteiger partial charge < -0.3 is 14.0 Å². The van der Waals surface area contributed by atoms with E-state index in [1.165, 1.54) is 6.92 Å². The van der Waals surface area contributed by atoms with E-state index < -0.39 is 11.5 Å². The Morgan fingerprint density at radius 2 is 2.30 bits per heavy atom. The van der Waals surface area contributed by atoms with Crippen LogP contribution in [0.15, 0.2) is 27.3 Å². The van der Waals surface area contributed by atoms with Crippen LogP contribution < -0.4 is 0 Å². The van der Waals surface area contributed by atoms with E-state index in [2.05, 4.69) is 5.16 Å². The van der Waals surface area contributed by atoms with Gasteiger partial charge in [-0.05, 0) is 32.9 Å². The molecule has 0 amide bonds. The lowest BCUT2D eigenvalue weighted by atomic mass is 9.66. The number of Topliss-reactive ketones (excluding diaryl/α,β-unsaturated/α-hetero) is 1. The lowest BCUT2D eigenvalue weighted by molar-refractivity contribution is -0.131. The number of ketones is 1. The van der Waals surface area contributed by atoms with Crippen LogP contribution in [-0.2, 0) is 11.2 Å². The number of furan rings is 1. The molecule has 0 unspecified atom stereocenters. The molecule has 2 aromatic rings. The maximum atomic E-state index is 12.1. The van der Waals surface area contributed by atoms with Gasteiger partial charge in [-0.2, -0.15) is 0 Å². The van der Waals surface area contributed by atoms with E-state index in [1.54, 1.807) is 19.3 Å². The van der Waals surface area contributed by atoms with Crippen molar-refractivity contribution < 1.29 is 18.8 Å². The van der Waals surface area contributed by atoms with Crippen LogP contribution >= 0.6 is 0 Å². The molecule has 2 aromatic heterocycles. The van der Waals surface area contributed by atoms with E-state index in [-0.39, 0.29) is 11.7 Å². The molecule has 1 aliphatic carbocycles. The SMILES string of the molecule is CC(=O)[C@@H]1[C@@H](c2ccco2)c2c(noc2C)C[C@@]1(C)O. The first-order valence-electron chi connectivity index (χ1n) is 6.63. The summed E-state index contributed by atoms with van der Waals surface area (Å²) in [6.07, 6.45) is 1.87. The fourth-order valence-corrected chi connectivity index (χ4v) is 3.37.